The number of aryl methyl sites for hydroxylation is 1. The molecule has 3 aromatic carbocycles. The second kappa shape index (κ2) is 28.6. The number of benzene rings is 3. The Bertz CT molecular complexity index is 2980. The Kier molecular flexibility index (Phi) is 20.9. The highest BCUT2D eigenvalue weighted by atomic mass is 32.2. The molecule has 4 amide bonds. The molecule has 8 heterocycles. The fourth-order valence-corrected chi connectivity index (χ4v) is 11.6. The van der Waals surface area contributed by atoms with Gasteiger partial charge in [-0.2, -0.15) is 8.42 Å². The van der Waals surface area contributed by atoms with E-state index in [4.69, 9.17) is 43.1 Å². The van der Waals surface area contributed by atoms with Gasteiger partial charge in [0.25, 0.3) is 10.1 Å². The molecule has 81 heavy (non-hydrogen) atoms. The summed E-state index contributed by atoms with van der Waals surface area (Å²) in [5.74, 6) is 3.51. The van der Waals surface area contributed by atoms with Crippen LogP contribution < -0.4 is 36.4 Å². The van der Waals surface area contributed by atoms with E-state index in [0.29, 0.717) is 51.4 Å². The second-order valence-corrected chi connectivity index (χ2v) is 22.8. The van der Waals surface area contributed by atoms with E-state index in [9.17, 15) is 18.0 Å². The van der Waals surface area contributed by atoms with Gasteiger partial charge in [-0.1, -0.05) is 17.7 Å². The van der Waals surface area contributed by atoms with E-state index in [-0.39, 0.29) is 41.8 Å². The molecule has 21 nitrogen and oxygen atoms in total. The van der Waals surface area contributed by atoms with Crippen molar-refractivity contribution in [1.29, 1.82) is 0 Å². The largest absolute Gasteiger partial charge is 0.377 e. The highest BCUT2D eigenvalue weighted by Crippen LogP contribution is 2.34. The maximum Gasteiger partial charge on any atom is 0.319 e. The molecule has 2 unspecified atom stereocenters. The van der Waals surface area contributed by atoms with Crippen LogP contribution in [0, 0.1) is 6.92 Å². The van der Waals surface area contributed by atoms with Crippen molar-refractivity contribution in [3.05, 3.63) is 101 Å². The molecule has 6 aliphatic rings. The van der Waals surface area contributed by atoms with Crippen molar-refractivity contribution in [3.63, 3.8) is 0 Å². The zero-order valence-corrected chi connectivity index (χ0v) is 48.3. The molecule has 436 valence electrons. The number of nitrogens with one attached hydrogen (secondary N) is 5. The van der Waals surface area contributed by atoms with Crippen LogP contribution in [-0.2, 0) is 59.2 Å². The molecule has 4 atom stereocenters. The van der Waals surface area contributed by atoms with Crippen molar-refractivity contribution in [2.24, 2.45) is 0 Å². The van der Waals surface area contributed by atoms with Crippen LogP contribution >= 0.6 is 0 Å². The standard InChI is InChI=1S/C26H36N6O3.C21H28N6O2.C12H16O4S/c1-3-27-26(33)28-20-8-6-19(7-9-20)24-29-23-16-31(15-21-5-4-13-35-21)11-10-22(23)25(30-24)32-12-14-34-17-18(32)2;1-3-23-21(28)24-16-6-4-15(5-7-16)19-25-18-12-22-9-8-17(18)20(26-19)27-10-11-29-13-14(27)2;1-10-4-6-12(7-5-10)17(13,14)16-9-11-3-2-8-15-11/h6-9,18,21H,3-5,10-17H2,1-2H3,(H2,27,28,33);4-7,14,22H,3,8-13H2,1-2H3,(H2,23,24,28);4-7,11H,2-3,8-9H2,1H3/t18-,21?;14-;/m00./s1. The Labute approximate surface area is 476 Å². The van der Waals surface area contributed by atoms with Gasteiger partial charge in [0, 0.05) is 99.2 Å². The molecule has 0 radical (unpaired) electrons. The van der Waals surface area contributed by atoms with Gasteiger partial charge in [-0.25, -0.2) is 29.5 Å². The van der Waals surface area contributed by atoms with E-state index < -0.39 is 10.1 Å². The van der Waals surface area contributed by atoms with E-state index in [1.807, 2.05) is 69.3 Å². The number of amides is 4. The summed E-state index contributed by atoms with van der Waals surface area (Å²) in [6.07, 6.45) is 6.26. The van der Waals surface area contributed by atoms with Crippen molar-refractivity contribution < 1.29 is 41.1 Å². The van der Waals surface area contributed by atoms with Crippen LogP contribution in [0.2, 0.25) is 0 Å². The molecule has 5 N–H and O–H groups in total. The molecule has 22 heteroatoms. The quantitative estimate of drug-likeness (QED) is 0.0699. The molecule has 5 aromatic rings. The molecule has 4 fully saturated rings. The van der Waals surface area contributed by atoms with Crippen molar-refractivity contribution in [3.8, 4) is 22.8 Å². The zero-order chi connectivity index (χ0) is 56.7. The third-order valence-corrected chi connectivity index (χ3v) is 16.3. The number of aromatic nitrogens is 4. The third kappa shape index (κ3) is 16.0. The minimum atomic E-state index is -3.64. The summed E-state index contributed by atoms with van der Waals surface area (Å²) in [5.41, 5.74) is 9.05. The summed E-state index contributed by atoms with van der Waals surface area (Å²) in [6.45, 7) is 21.9. The number of anilines is 4. The fraction of sp³-hybridized carbons (Fsp3) is 0.525. The van der Waals surface area contributed by atoms with Crippen LogP contribution in [0.3, 0.4) is 0 Å². The monoisotopic (exact) mass is 1130 g/mol. The summed E-state index contributed by atoms with van der Waals surface area (Å²) in [6, 6.07) is 22.2. The number of carbonyl (C=O) groups is 2. The maximum absolute atomic E-state index is 11.9. The number of rotatable bonds is 14. The minimum absolute atomic E-state index is 0.0878. The van der Waals surface area contributed by atoms with Crippen LogP contribution in [-0.4, -0.2) is 162 Å². The first-order chi connectivity index (χ1) is 39.3. The highest BCUT2D eigenvalue weighted by molar-refractivity contribution is 7.86. The van der Waals surface area contributed by atoms with Gasteiger partial charge < -0.3 is 55.3 Å². The number of urea groups is 2. The summed E-state index contributed by atoms with van der Waals surface area (Å²) in [4.78, 5) is 51.0. The normalized spacial score (nSPS) is 20.9. The lowest BCUT2D eigenvalue weighted by molar-refractivity contribution is 0.0681. The predicted octanol–water partition coefficient (Wildman–Crippen LogP) is 7.08. The SMILES string of the molecule is CCNC(=O)Nc1ccc(-c2nc3c(c(N4CCOC[C@@H]4C)n2)CCN(CC2CCCO2)C3)cc1.CCNC(=O)Nc1ccc(-c2nc3c(c(N4CCOC[C@@H]4C)n2)CCNC3)cc1.Cc1ccc(S(=O)(=O)OCC2CCCO2)cc1. The van der Waals surface area contributed by atoms with Gasteiger partial charge in [0.2, 0.25) is 0 Å². The number of morpholine rings is 2. The van der Waals surface area contributed by atoms with Gasteiger partial charge in [-0.3, -0.25) is 9.08 Å². The van der Waals surface area contributed by atoms with Crippen molar-refractivity contribution in [2.45, 2.75) is 115 Å². The number of carbonyl (C=O) groups excluding carboxylic acids is 2. The van der Waals surface area contributed by atoms with Crippen molar-refractivity contribution in [2.75, 3.05) is 112 Å². The van der Waals surface area contributed by atoms with Crippen molar-refractivity contribution >= 4 is 45.2 Å². The van der Waals surface area contributed by atoms with Crippen LogP contribution in [0.4, 0.5) is 32.6 Å². The van der Waals surface area contributed by atoms with E-state index in [1.54, 1.807) is 24.3 Å². The Morgan fingerprint density at radius 2 is 1.20 bits per heavy atom. The molecule has 2 aromatic heterocycles. The van der Waals surface area contributed by atoms with E-state index in [1.165, 1.54) is 11.1 Å². The first-order valence-electron chi connectivity index (χ1n) is 28.7. The van der Waals surface area contributed by atoms with Gasteiger partial charge >= 0.3 is 12.1 Å². The molecule has 0 aliphatic carbocycles. The van der Waals surface area contributed by atoms with E-state index in [2.05, 4.69) is 55.1 Å². The molecule has 0 bridgehead atoms. The van der Waals surface area contributed by atoms with E-state index >= 15 is 0 Å². The molecule has 0 spiro atoms. The first-order valence-corrected chi connectivity index (χ1v) is 30.2. The molecule has 4 saturated heterocycles. The van der Waals surface area contributed by atoms with Gasteiger partial charge in [0.05, 0.1) is 73.6 Å². The fourth-order valence-electron chi connectivity index (χ4n) is 10.6. The highest BCUT2D eigenvalue weighted by Gasteiger charge is 2.32. The predicted molar refractivity (Wildman–Crippen MR) is 312 cm³/mol. The van der Waals surface area contributed by atoms with Gasteiger partial charge in [0.15, 0.2) is 11.6 Å². The minimum Gasteiger partial charge on any atom is -0.377 e. The lowest BCUT2D eigenvalue weighted by Crippen LogP contribution is -2.45. The maximum atomic E-state index is 11.9. The van der Waals surface area contributed by atoms with Gasteiger partial charge in [-0.15, -0.1) is 0 Å². The molecule has 6 aliphatic heterocycles. The summed E-state index contributed by atoms with van der Waals surface area (Å²) in [7, 11) is -3.64. The van der Waals surface area contributed by atoms with Gasteiger partial charge in [-0.05, 0) is 140 Å². The molecule has 0 saturated carbocycles. The second-order valence-electron chi connectivity index (χ2n) is 21.2. The number of nitrogens with zero attached hydrogens (tertiary/aromatic N) is 7. The molecular formula is C59H80N12O9S. The van der Waals surface area contributed by atoms with Crippen LogP contribution in [0.5, 0.6) is 0 Å². The Morgan fingerprint density at radius 1 is 0.667 bits per heavy atom. The van der Waals surface area contributed by atoms with Crippen LogP contribution in [0.15, 0.2) is 77.7 Å². The third-order valence-electron chi connectivity index (χ3n) is 15.0. The van der Waals surface area contributed by atoms with Crippen LogP contribution in [0.25, 0.3) is 22.8 Å². The average molecular weight is 1130 g/mol. The lowest BCUT2D eigenvalue weighted by Gasteiger charge is -2.38. The Morgan fingerprint density at radius 3 is 1.72 bits per heavy atom. The van der Waals surface area contributed by atoms with Gasteiger partial charge in [0.1, 0.15) is 11.6 Å². The number of fused-ring (bicyclic) bond motifs is 2. The van der Waals surface area contributed by atoms with E-state index in [0.717, 1.165) is 154 Å². The average Bonchev–Trinajstić information content (AvgIpc) is 4.37. The number of hydrogen-bond donors (Lipinski definition) is 5. The Balaban J connectivity index is 0.000000155. The lowest BCUT2D eigenvalue weighted by atomic mass is 10.0. The summed E-state index contributed by atoms with van der Waals surface area (Å²) in [5, 5.41) is 14.6. The number of ether oxygens (including phenoxy) is 4. The first kappa shape index (κ1) is 59.3. The molecule has 11 rings (SSSR count). The summed E-state index contributed by atoms with van der Waals surface area (Å²) >= 11 is 0. The topological polar surface area (TPSA) is 236 Å². The van der Waals surface area contributed by atoms with Crippen molar-refractivity contribution in [1.82, 2.24) is 40.8 Å². The zero-order valence-electron chi connectivity index (χ0n) is 47.5. The molecular weight excluding hydrogens is 1050 g/mol. The number of hydrogen-bond acceptors (Lipinski definition) is 17. The van der Waals surface area contributed by atoms with Crippen LogP contribution in [0.1, 0.15) is 81.5 Å². The summed E-state index contributed by atoms with van der Waals surface area (Å²) < 4.78 is 51.2. The smallest absolute Gasteiger partial charge is 0.319 e. The Hall–Kier alpha value is -6.37.